The van der Waals surface area contributed by atoms with Crippen LogP contribution in [0.4, 0.5) is 5.69 Å². The van der Waals surface area contributed by atoms with Gasteiger partial charge in [0.15, 0.2) is 5.70 Å². The van der Waals surface area contributed by atoms with Crippen LogP contribution in [0.15, 0.2) is 50.8 Å². The van der Waals surface area contributed by atoms with E-state index in [2.05, 4.69) is 10.2 Å². The number of nitriles is 2. The van der Waals surface area contributed by atoms with E-state index in [-0.39, 0.29) is 23.7 Å². The largest absolute Gasteiger partial charge is 0.498 e. The highest BCUT2D eigenvalue weighted by atomic mass is 32.2. The van der Waals surface area contributed by atoms with Crippen molar-refractivity contribution in [2.75, 3.05) is 26.3 Å². The number of carbonyl (C=O) groups excluding carboxylic acids is 1. The Balaban J connectivity index is 2.23. The number of carbonyl (C=O) groups is 1. The van der Waals surface area contributed by atoms with Crippen LogP contribution < -0.4 is 0 Å². The van der Waals surface area contributed by atoms with Crippen LogP contribution in [0.5, 0.6) is 0 Å². The minimum absolute atomic E-state index is 0.0575. The van der Waals surface area contributed by atoms with Crippen LogP contribution in [-0.2, 0) is 19.6 Å². The number of aliphatic hydroxyl groups excluding tert-OH is 1. The van der Waals surface area contributed by atoms with Gasteiger partial charge in [0.05, 0.1) is 23.8 Å². The fourth-order valence-electron chi connectivity index (χ4n) is 2.03. The molecule has 1 aromatic carbocycles. The highest BCUT2D eigenvalue weighted by Gasteiger charge is 2.26. The molecule has 1 aromatic rings. The third-order valence-electron chi connectivity index (χ3n) is 3.36. The second kappa shape index (κ2) is 8.31. The van der Waals surface area contributed by atoms with Gasteiger partial charge in [-0.3, -0.25) is 4.79 Å². The van der Waals surface area contributed by atoms with Crippen molar-refractivity contribution in [3.8, 4) is 12.1 Å². The average Bonchev–Trinajstić information content (AvgIpc) is 2.68. The summed E-state index contributed by atoms with van der Waals surface area (Å²) in [5.41, 5.74) is -0.625. The molecule has 0 radical (unpaired) electrons. The molecular formula is C15H13N5O5S. The summed E-state index contributed by atoms with van der Waals surface area (Å²) in [7, 11) is -3.65. The molecule has 0 unspecified atom stereocenters. The maximum absolute atomic E-state index is 12.5. The number of sulfonamides is 1. The monoisotopic (exact) mass is 375 g/mol. The summed E-state index contributed by atoms with van der Waals surface area (Å²) in [6.07, 6.45) is 0. The van der Waals surface area contributed by atoms with Crippen LogP contribution in [0.2, 0.25) is 0 Å². The molecule has 1 aliphatic rings. The molecule has 134 valence electrons. The Morgan fingerprint density at radius 1 is 1.15 bits per heavy atom. The molecule has 0 aromatic heterocycles. The predicted octanol–water partition coefficient (Wildman–Crippen LogP) is 1.18. The summed E-state index contributed by atoms with van der Waals surface area (Å²) in [4.78, 5) is 11.4. The molecule has 1 N–H and O–H groups in total. The Labute approximate surface area is 149 Å². The van der Waals surface area contributed by atoms with E-state index in [1.54, 1.807) is 0 Å². The first-order valence-electron chi connectivity index (χ1n) is 7.27. The Morgan fingerprint density at radius 2 is 1.77 bits per heavy atom. The zero-order chi connectivity index (χ0) is 19.2. The molecule has 0 spiro atoms. The number of aliphatic hydroxyl groups is 1. The normalized spacial score (nSPS) is 16.5. The van der Waals surface area contributed by atoms with Crippen molar-refractivity contribution >= 4 is 21.5 Å². The van der Waals surface area contributed by atoms with Crippen molar-refractivity contribution in [1.29, 1.82) is 10.5 Å². The first-order chi connectivity index (χ1) is 12.4. The quantitative estimate of drug-likeness (QED) is 0.202. The summed E-state index contributed by atoms with van der Waals surface area (Å²) in [5.74, 6) is -2.26. The van der Waals surface area contributed by atoms with Crippen molar-refractivity contribution in [3.05, 3.63) is 35.7 Å². The fraction of sp³-hybridized carbons (Fsp3) is 0.267. The summed E-state index contributed by atoms with van der Waals surface area (Å²) in [6, 6.07) is 7.84. The SMILES string of the molecule is N#CC(=O)/C(N=Nc1ccc(S(=O)(=O)N2CCOCC2)cc1)=C(/O)C#N. The number of azo groups is 1. The third-order valence-corrected chi connectivity index (χ3v) is 5.27. The number of morpholine rings is 1. The number of ketones is 1. The number of hydrogen-bond acceptors (Lipinski definition) is 9. The van der Waals surface area contributed by atoms with E-state index in [0.29, 0.717) is 13.2 Å². The molecule has 10 nitrogen and oxygen atoms in total. The van der Waals surface area contributed by atoms with Crippen molar-refractivity contribution in [1.82, 2.24) is 4.31 Å². The topological polar surface area (TPSA) is 156 Å². The summed E-state index contributed by atoms with van der Waals surface area (Å²) in [5, 5.41) is 33.5. The first kappa shape index (κ1) is 19.2. The summed E-state index contributed by atoms with van der Waals surface area (Å²) < 4.78 is 31.4. The number of rotatable bonds is 5. The van der Waals surface area contributed by atoms with E-state index in [9.17, 15) is 18.3 Å². The predicted molar refractivity (Wildman–Crippen MR) is 86.4 cm³/mol. The van der Waals surface area contributed by atoms with Crippen molar-refractivity contribution in [3.63, 3.8) is 0 Å². The highest BCUT2D eigenvalue weighted by molar-refractivity contribution is 7.89. The Hall–Kier alpha value is -3.12. The second-order valence-corrected chi connectivity index (χ2v) is 6.90. The van der Waals surface area contributed by atoms with Gasteiger partial charge in [0.1, 0.15) is 12.1 Å². The minimum atomic E-state index is -3.65. The molecule has 1 heterocycles. The van der Waals surface area contributed by atoms with E-state index in [1.165, 1.54) is 40.7 Å². The van der Waals surface area contributed by atoms with Gasteiger partial charge < -0.3 is 9.84 Å². The average molecular weight is 375 g/mol. The van der Waals surface area contributed by atoms with E-state index in [1.807, 2.05) is 0 Å². The van der Waals surface area contributed by atoms with Gasteiger partial charge in [-0.1, -0.05) is 0 Å². The van der Waals surface area contributed by atoms with Crippen molar-refractivity contribution < 1.29 is 23.1 Å². The van der Waals surface area contributed by atoms with Crippen molar-refractivity contribution in [2.24, 2.45) is 10.2 Å². The van der Waals surface area contributed by atoms with Crippen LogP contribution >= 0.6 is 0 Å². The van der Waals surface area contributed by atoms with Crippen LogP contribution in [0, 0.1) is 22.7 Å². The van der Waals surface area contributed by atoms with Gasteiger partial charge in [-0.05, 0) is 24.3 Å². The number of nitrogens with zero attached hydrogens (tertiary/aromatic N) is 5. The molecule has 2 rings (SSSR count). The van der Waals surface area contributed by atoms with Crippen LogP contribution in [0.1, 0.15) is 0 Å². The number of benzene rings is 1. The van der Waals surface area contributed by atoms with Crippen LogP contribution in [0.3, 0.4) is 0 Å². The summed E-state index contributed by atoms with van der Waals surface area (Å²) >= 11 is 0. The van der Waals surface area contributed by atoms with Gasteiger partial charge in [-0.15, -0.1) is 5.11 Å². The lowest BCUT2D eigenvalue weighted by atomic mass is 10.3. The molecule has 0 aliphatic carbocycles. The molecule has 1 aliphatic heterocycles. The summed E-state index contributed by atoms with van der Waals surface area (Å²) in [6.45, 7) is 1.19. The molecule has 1 fully saturated rings. The standard InChI is InChI=1S/C15H13N5O5S/c16-9-13(21)15(14(22)10-17)19-18-11-1-3-12(4-2-11)26(23,24)20-5-7-25-8-6-20/h1-4,21H,5-8H2/b15-13-,19-18?. The van der Waals surface area contributed by atoms with Gasteiger partial charge >= 0.3 is 0 Å². The Kier molecular flexibility index (Phi) is 6.14. The molecule has 0 amide bonds. The molecular weight excluding hydrogens is 362 g/mol. The van der Waals surface area contributed by atoms with E-state index in [4.69, 9.17) is 15.3 Å². The number of ether oxygens (including phenoxy) is 1. The lowest BCUT2D eigenvalue weighted by Gasteiger charge is -2.25. The van der Waals surface area contributed by atoms with Gasteiger partial charge in [-0.25, -0.2) is 8.42 Å². The van der Waals surface area contributed by atoms with Gasteiger partial charge in [0, 0.05) is 13.1 Å². The lowest BCUT2D eigenvalue weighted by Crippen LogP contribution is -2.40. The first-order valence-corrected chi connectivity index (χ1v) is 8.71. The highest BCUT2D eigenvalue weighted by Crippen LogP contribution is 2.21. The van der Waals surface area contributed by atoms with Gasteiger partial charge in [-0.2, -0.15) is 19.9 Å². The third kappa shape index (κ3) is 4.29. The lowest BCUT2D eigenvalue weighted by molar-refractivity contribution is -0.110. The van der Waals surface area contributed by atoms with E-state index in [0.717, 1.165) is 0 Å². The maximum Gasteiger partial charge on any atom is 0.286 e. The Morgan fingerprint density at radius 3 is 2.31 bits per heavy atom. The van der Waals surface area contributed by atoms with Crippen molar-refractivity contribution in [2.45, 2.75) is 4.90 Å². The number of Topliss-reactive ketones (excluding diaryl/α,β-unsaturated/α-hetero) is 1. The van der Waals surface area contributed by atoms with Gasteiger partial charge in [0.2, 0.25) is 15.8 Å². The smallest absolute Gasteiger partial charge is 0.286 e. The molecule has 0 saturated carbocycles. The van der Waals surface area contributed by atoms with Crippen LogP contribution in [0.25, 0.3) is 0 Å². The molecule has 26 heavy (non-hydrogen) atoms. The van der Waals surface area contributed by atoms with Crippen LogP contribution in [-0.4, -0.2) is 49.9 Å². The fourth-order valence-corrected chi connectivity index (χ4v) is 3.44. The molecule has 11 heteroatoms. The second-order valence-electron chi connectivity index (χ2n) is 4.96. The number of allylic oxidation sites excluding steroid dienone is 2. The van der Waals surface area contributed by atoms with E-state index < -0.39 is 27.3 Å². The molecule has 1 saturated heterocycles. The number of hydrogen-bond donors (Lipinski definition) is 1. The molecule has 0 bridgehead atoms. The van der Waals surface area contributed by atoms with E-state index >= 15 is 0 Å². The zero-order valence-electron chi connectivity index (χ0n) is 13.4. The zero-order valence-corrected chi connectivity index (χ0v) is 14.2. The minimum Gasteiger partial charge on any atom is -0.498 e. The maximum atomic E-state index is 12.5. The molecule has 0 atom stereocenters. The Bertz CT molecular complexity index is 932. The van der Waals surface area contributed by atoms with Gasteiger partial charge in [0.25, 0.3) is 5.78 Å².